The number of halogens is 1. The zero-order chi connectivity index (χ0) is 26.1. The Morgan fingerprint density at radius 1 is 0.622 bits per heavy atom. The number of aromatic nitrogens is 1. The van der Waals surface area contributed by atoms with Gasteiger partial charge in [0.05, 0.1) is 18.9 Å². The summed E-state index contributed by atoms with van der Waals surface area (Å²) in [4.78, 5) is 4.75. The van der Waals surface area contributed by atoms with Crippen molar-refractivity contribution in [1.29, 1.82) is 0 Å². The summed E-state index contributed by atoms with van der Waals surface area (Å²) in [6, 6.07) is 7.77. The number of hydrogen-bond acceptors (Lipinski definition) is 3. The predicted molar refractivity (Wildman–Crippen MR) is 153 cm³/mol. The number of ether oxygens (including phenoxy) is 2. The van der Waals surface area contributed by atoms with Crippen LogP contribution in [0.15, 0.2) is 24.3 Å². The Balaban J connectivity index is 1.40. The summed E-state index contributed by atoms with van der Waals surface area (Å²) >= 11 is 0. The highest BCUT2D eigenvalue weighted by Crippen LogP contribution is 2.38. The van der Waals surface area contributed by atoms with E-state index in [1.807, 2.05) is 18.2 Å². The lowest BCUT2D eigenvalue weighted by atomic mass is 9.88. The van der Waals surface area contributed by atoms with Crippen molar-refractivity contribution in [3.05, 3.63) is 41.3 Å². The van der Waals surface area contributed by atoms with E-state index in [-0.39, 0.29) is 5.82 Å². The summed E-state index contributed by atoms with van der Waals surface area (Å²) in [5.74, 6) is 0.885. The van der Waals surface area contributed by atoms with Gasteiger partial charge in [-0.2, -0.15) is 0 Å². The van der Waals surface area contributed by atoms with Crippen LogP contribution in [0.3, 0.4) is 0 Å². The molecule has 206 valence electrons. The first kappa shape index (κ1) is 29.5. The van der Waals surface area contributed by atoms with E-state index in [9.17, 15) is 0 Å². The van der Waals surface area contributed by atoms with Crippen molar-refractivity contribution >= 4 is 0 Å². The second-order valence-electron chi connectivity index (χ2n) is 10.7. The Morgan fingerprint density at radius 2 is 1.16 bits per heavy atom. The summed E-state index contributed by atoms with van der Waals surface area (Å²) in [6.45, 7) is 5.80. The molecule has 1 aliphatic rings. The molecule has 0 radical (unpaired) electrons. The van der Waals surface area contributed by atoms with Gasteiger partial charge in [0, 0.05) is 11.6 Å². The van der Waals surface area contributed by atoms with Crippen molar-refractivity contribution < 1.29 is 13.9 Å². The lowest BCUT2D eigenvalue weighted by Gasteiger charge is -2.21. The molecule has 3 nitrogen and oxygen atoms in total. The Hall–Kier alpha value is -2.10. The van der Waals surface area contributed by atoms with Gasteiger partial charge in [-0.25, -0.2) is 9.37 Å². The zero-order valence-corrected chi connectivity index (χ0v) is 23.6. The lowest BCUT2D eigenvalue weighted by molar-refractivity contribution is 0.288. The maximum Gasteiger partial charge on any atom is 0.213 e. The third-order valence-electron chi connectivity index (χ3n) is 7.56. The minimum atomic E-state index is -0.196. The van der Waals surface area contributed by atoms with E-state index >= 15 is 4.39 Å². The van der Waals surface area contributed by atoms with Gasteiger partial charge in [-0.05, 0) is 48.9 Å². The Bertz CT molecular complexity index is 913. The second-order valence-corrected chi connectivity index (χ2v) is 10.7. The number of hydrogen-bond donors (Lipinski definition) is 0. The molecule has 0 bridgehead atoms. The van der Waals surface area contributed by atoms with Crippen molar-refractivity contribution in [2.45, 2.75) is 129 Å². The summed E-state index contributed by atoms with van der Waals surface area (Å²) in [7, 11) is 0. The molecule has 0 saturated heterocycles. The molecule has 1 aromatic heterocycles. The minimum absolute atomic E-state index is 0.196. The molecule has 37 heavy (non-hydrogen) atoms. The Labute approximate surface area is 225 Å². The molecule has 3 rings (SSSR count). The maximum atomic E-state index is 15.3. The van der Waals surface area contributed by atoms with Crippen LogP contribution in [0.4, 0.5) is 4.39 Å². The van der Waals surface area contributed by atoms with Gasteiger partial charge >= 0.3 is 0 Å². The van der Waals surface area contributed by atoms with Crippen LogP contribution in [0.1, 0.15) is 128 Å². The average Bonchev–Trinajstić information content (AvgIpc) is 2.92. The van der Waals surface area contributed by atoms with E-state index in [0.717, 1.165) is 48.1 Å². The van der Waals surface area contributed by atoms with Gasteiger partial charge in [0.1, 0.15) is 0 Å². The van der Waals surface area contributed by atoms with Gasteiger partial charge in [0.15, 0.2) is 11.6 Å². The third-order valence-corrected chi connectivity index (χ3v) is 7.56. The fourth-order valence-corrected chi connectivity index (χ4v) is 5.28. The van der Waals surface area contributed by atoms with Crippen LogP contribution < -0.4 is 9.47 Å². The van der Waals surface area contributed by atoms with Crippen LogP contribution in [0.5, 0.6) is 11.6 Å². The van der Waals surface area contributed by atoms with Crippen LogP contribution in [-0.2, 0) is 12.8 Å². The molecule has 0 atom stereocenters. The summed E-state index contributed by atoms with van der Waals surface area (Å²) in [5.41, 5.74) is 3.73. The molecule has 1 aliphatic carbocycles. The molecule has 2 aromatic rings. The fourth-order valence-electron chi connectivity index (χ4n) is 5.28. The van der Waals surface area contributed by atoms with E-state index in [1.54, 1.807) is 6.07 Å². The Morgan fingerprint density at radius 3 is 1.78 bits per heavy atom. The number of aryl methyl sites for hydroxylation is 1. The normalized spacial score (nSPS) is 12.3. The van der Waals surface area contributed by atoms with Gasteiger partial charge in [-0.1, -0.05) is 110 Å². The highest BCUT2D eigenvalue weighted by molar-refractivity contribution is 5.73. The van der Waals surface area contributed by atoms with Crippen LogP contribution in [0, 0.1) is 5.82 Å². The fraction of sp³-hybridized carbons (Fsp3) is 0.667. The first-order valence-corrected chi connectivity index (χ1v) is 15.3. The molecule has 0 spiro atoms. The van der Waals surface area contributed by atoms with Crippen molar-refractivity contribution in [2.75, 3.05) is 13.2 Å². The number of nitrogens with zero attached hydrogens (tertiary/aromatic N) is 1. The van der Waals surface area contributed by atoms with Crippen molar-refractivity contribution in [3.8, 4) is 22.8 Å². The number of fused-ring (bicyclic) bond motifs is 3. The number of rotatable bonds is 20. The molecule has 0 aliphatic heterocycles. The third kappa shape index (κ3) is 9.94. The van der Waals surface area contributed by atoms with Crippen LogP contribution in [0.2, 0.25) is 0 Å². The molecule has 0 amide bonds. The number of benzene rings is 1. The lowest BCUT2D eigenvalue weighted by Crippen LogP contribution is -2.11. The van der Waals surface area contributed by atoms with E-state index in [2.05, 4.69) is 13.8 Å². The molecule has 1 heterocycles. The van der Waals surface area contributed by atoms with Crippen molar-refractivity contribution in [1.82, 2.24) is 4.98 Å². The molecule has 0 unspecified atom stereocenters. The van der Waals surface area contributed by atoms with Crippen LogP contribution in [0.25, 0.3) is 11.1 Å². The standard InChI is InChI=1S/C33H50FNO2/c1-3-5-7-9-11-12-13-14-16-17-25-36-31-23-20-27-28-21-24-32(37-26-18-15-10-8-6-4-2)35-30(28)22-19-29(27)33(31)34/h20-21,23-24H,3-19,22,25-26H2,1-2H3. The van der Waals surface area contributed by atoms with E-state index in [0.29, 0.717) is 31.3 Å². The van der Waals surface area contributed by atoms with E-state index in [4.69, 9.17) is 14.5 Å². The molecule has 4 heteroatoms. The summed E-state index contributed by atoms with van der Waals surface area (Å²) < 4.78 is 27.0. The molecule has 0 fully saturated rings. The molecular formula is C33H50FNO2. The molecule has 1 aromatic carbocycles. The van der Waals surface area contributed by atoms with Gasteiger partial charge in [-0.3, -0.25) is 0 Å². The summed E-state index contributed by atoms with van der Waals surface area (Å²) in [5, 5.41) is 0. The predicted octanol–water partition coefficient (Wildman–Crippen LogP) is 10.0. The molecule has 0 saturated carbocycles. The minimum Gasteiger partial charge on any atom is -0.491 e. The second kappa shape index (κ2) is 17.4. The highest BCUT2D eigenvalue weighted by atomic mass is 19.1. The molecule has 0 N–H and O–H groups in total. The zero-order valence-electron chi connectivity index (χ0n) is 23.6. The van der Waals surface area contributed by atoms with Crippen LogP contribution in [-0.4, -0.2) is 18.2 Å². The van der Waals surface area contributed by atoms with Gasteiger partial charge < -0.3 is 9.47 Å². The maximum absolute atomic E-state index is 15.3. The smallest absolute Gasteiger partial charge is 0.213 e. The quantitative estimate of drug-likeness (QED) is 0.166. The Kier molecular flexibility index (Phi) is 13.9. The average molecular weight is 512 g/mol. The van der Waals surface area contributed by atoms with Crippen molar-refractivity contribution in [3.63, 3.8) is 0 Å². The SMILES string of the molecule is CCCCCCCCCCCCOc1ccc2c(c1F)CCc1nc(OCCCCCCCC)ccc1-2. The largest absolute Gasteiger partial charge is 0.491 e. The van der Waals surface area contributed by atoms with Gasteiger partial charge in [0.2, 0.25) is 5.88 Å². The van der Waals surface area contributed by atoms with Crippen molar-refractivity contribution in [2.24, 2.45) is 0 Å². The monoisotopic (exact) mass is 511 g/mol. The van der Waals surface area contributed by atoms with E-state index in [1.165, 1.54) is 83.5 Å². The van der Waals surface area contributed by atoms with Gasteiger partial charge in [-0.15, -0.1) is 0 Å². The summed E-state index contributed by atoms with van der Waals surface area (Å²) in [6.07, 6.45) is 21.7. The van der Waals surface area contributed by atoms with Gasteiger partial charge in [0.25, 0.3) is 0 Å². The van der Waals surface area contributed by atoms with Crippen LogP contribution >= 0.6 is 0 Å². The topological polar surface area (TPSA) is 31.4 Å². The first-order chi connectivity index (χ1) is 18.2. The number of pyridine rings is 1. The number of unbranched alkanes of at least 4 members (excludes halogenated alkanes) is 14. The first-order valence-electron chi connectivity index (χ1n) is 15.3. The highest BCUT2D eigenvalue weighted by Gasteiger charge is 2.23. The molecular weight excluding hydrogens is 461 g/mol. The van der Waals surface area contributed by atoms with E-state index < -0.39 is 0 Å².